The quantitative estimate of drug-likeness (QED) is 0.864. The Kier molecular flexibility index (Phi) is 4.12. The lowest BCUT2D eigenvalue weighted by Crippen LogP contribution is -2.39. The van der Waals surface area contributed by atoms with Crippen molar-refractivity contribution in [2.24, 2.45) is 0 Å². The van der Waals surface area contributed by atoms with Crippen LogP contribution in [-0.2, 0) is 0 Å². The van der Waals surface area contributed by atoms with E-state index in [0.717, 1.165) is 56.3 Å². The molecule has 1 aliphatic carbocycles. The van der Waals surface area contributed by atoms with Gasteiger partial charge in [0.1, 0.15) is 0 Å². The van der Waals surface area contributed by atoms with E-state index in [1.807, 2.05) is 23.1 Å². The van der Waals surface area contributed by atoms with Crippen molar-refractivity contribution < 1.29 is 9.59 Å². The smallest absolute Gasteiger partial charge is 0.315 e. The standard InChI is InChI=1S/C18H22ClN3O2/c19-14-5-3-12(17(23)22-7-1-2-8-22)9-13(14)11-4-6-15-16(10-11)21-18(24)20-15/h3,5,9,11,15-16H,1-2,4,6-8,10H2,(H2,20,21,24). The molecule has 4 rings (SSSR count). The number of likely N-dealkylation sites (tertiary alicyclic amines) is 1. The van der Waals surface area contributed by atoms with E-state index < -0.39 is 0 Å². The third-order valence-electron chi connectivity index (χ3n) is 5.56. The van der Waals surface area contributed by atoms with Gasteiger partial charge in [0.25, 0.3) is 5.91 Å². The van der Waals surface area contributed by atoms with Crippen LogP contribution in [0, 0.1) is 0 Å². The first-order valence-electron chi connectivity index (χ1n) is 8.77. The zero-order valence-corrected chi connectivity index (χ0v) is 14.3. The minimum absolute atomic E-state index is 0.0743. The number of carbonyl (C=O) groups is 2. The molecular formula is C18H22ClN3O2. The zero-order valence-electron chi connectivity index (χ0n) is 13.6. The van der Waals surface area contributed by atoms with Gasteiger partial charge in [-0.1, -0.05) is 11.6 Å². The highest BCUT2D eigenvalue weighted by Crippen LogP contribution is 2.38. The van der Waals surface area contributed by atoms with Crippen LogP contribution >= 0.6 is 11.6 Å². The molecule has 5 nitrogen and oxygen atoms in total. The Balaban J connectivity index is 1.55. The SMILES string of the molecule is O=C1NC2CCC(c3cc(C(=O)N4CCCC4)ccc3Cl)CC2N1. The van der Waals surface area contributed by atoms with Crippen molar-refractivity contribution in [3.8, 4) is 0 Å². The number of carbonyl (C=O) groups excluding carboxylic acids is 2. The fraction of sp³-hybridized carbons (Fsp3) is 0.556. The molecule has 128 valence electrons. The number of hydrogen-bond acceptors (Lipinski definition) is 2. The fourth-order valence-electron chi connectivity index (χ4n) is 4.26. The Morgan fingerprint density at radius 3 is 2.67 bits per heavy atom. The van der Waals surface area contributed by atoms with Gasteiger partial charge in [0.15, 0.2) is 0 Å². The molecule has 3 aliphatic rings. The van der Waals surface area contributed by atoms with Crippen molar-refractivity contribution in [3.63, 3.8) is 0 Å². The number of amides is 3. The molecule has 6 heteroatoms. The van der Waals surface area contributed by atoms with E-state index in [1.54, 1.807) is 0 Å². The summed E-state index contributed by atoms with van der Waals surface area (Å²) in [5.41, 5.74) is 1.77. The Morgan fingerprint density at radius 1 is 1.12 bits per heavy atom. The Labute approximate surface area is 146 Å². The van der Waals surface area contributed by atoms with Gasteiger partial charge < -0.3 is 15.5 Å². The van der Waals surface area contributed by atoms with E-state index in [0.29, 0.717) is 5.02 Å². The molecule has 2 heterocycles. The Morgan fingerprint density at radius 2 is 1.88 bits per heavy atom. The summed E-state index contributed by atoms with van der Waals surface area (Å²) in [6.45, 7) is 1.70. The molecule has 2 N–H and O–H groups in total. The van der Waals surface area contributed by atoms with E-state index >= 15 is 0 Å². The maximum atomic E-state index is 12.6. The first-order valence-corrected chi connectivity index (χ1v) is 9.15. The maximum absolute atomic E-state index is 12.6. The number of halogens is 1. The minimum atomic E-state index is -0.0743. The molecule has 2 aliphatic heterocycles. The topological polar surface area (TPSA) is 61.4 Å². The van der Waals surface area contributed by atoms with Crippen LogP contribution in [0.15, 0.2) is 18.2 Å². The molecule has 3 unspecified atom stereocenters. The van der Waals surface area contributed by atoms with Gasteiger partial charge >= 0.3 is 6.03 Å². The molecule has 0 radical (unpaired) electrons. The average molecular weight is 348 g/mol. The molecular weight excluding hydrogens is 326 g/mol. The second-order valence-electron chi connectivity index (χ2n) is 7.08. The summed E-state index contributed by atoms with van der Waals surface area (Å²) in [5.74, 6) is 0.389. The monoisotopic (exact) mass is 347 g/mol. The van der Waals surface area contributed by atoms with Crippen molar-refractivity contribution in [3.05, 3.63) is 34.3 Å². The largest absolute Gasteiger partial charge is 0.339 e. The third-order valence-corrected chi connectivity index (χ3v) is 5.90. The fourth-order valence-corrected chi connectivity index (χ4v) is 4.53. The van der Waals surface area contributed by atoms with E-state index in [-0.39, 0.29) is 29.9 Å². The van der Waals surface area contributed by atoms with Crippen molar-refractivity contribution in [1.29, 1.82) is 0 Å². The number of fused-ring (bicyclic) bond motifs is 1. The number of hydrogen-bond donors (Lipinski definition) is 2. The van der Waals surface area contributed by atoms with Gasteiger partial charge in [-0.05, 0) is 61.8 Å². The lowest BCUT2D eigenvalue weighted by Gasteiger charge is -2.31. The predicted octanol–water partition coefficient (Wildman–Crippen LogP) is 2.89. The number of rotatable bonds is 2. The molecule has 2 saturated heterocycles. The number of urea groups is 1. The van der Waals surface area contributed by atoms with E-state index in [2.05, 4.69) is 10.6 Å². The molecule has 0 bridgehead atoms. The highest BCUT2D eigenvalue weighted by molar-refractivity contribution is 6.31. The van der Waals surface area contributed by atoms with E-state index in [1.165, 1.54) is 0 Å². The van der Waals surface area contributed by atoms with Crippen LogP contribution in [0.5, 0.6) is 0 Å². The number of nitrogens with zero attached hydrogens (tertiary/aromatic N) is 1. The molecule has 24 heavy (non-hydrogen) atoms. The molecule has 1 saturated carbocycles. The zero-order chi connectivity index (χ0) is 16.7. The summed E-state index contributed by atoms with van der Waals surface area (Å²) in [6, 6.07) is 5.95. The predicted molar refractivity (Wildman–Crippen MR) is 92.4 cm³/mol. The Bertz CT molecular complexity index is 672. The van der Waals surface area contributed by atoms with Crippen LogP contribution < -0.4 is 10.6 Å². The summed E-state index contributed by atoms with van der Waals surface area (Å²) < 4.78 is 0. The van der Waals surface area contributed by atoms with Crippen LogP contribution in [0.25, 0.3) is 0 Å². The summed E-state index contributed by atoms with van der Waals surface area (Å²) in [7, 11) is 0. The molecule has 3 atom stereocenters. The van der Waals surface area contributed by atoms with Crippen LogP contribution in [0.1, 0.15) is 53.9 Å². The molecule has 3 fully saturated rings. The highest BCUT2D eigenvalue weighted by atomic mass is 35.5. The average Bonchev–Trinajstić information content (AvgIpc) is 3.22. The number of benzene rings is 1. The minimum Gasteiger partial charge on any atom is -0.339 e. The Hall–Kier alpha value is -1.75. The van der Waals surface area contributed by atoms with Gasteiger partial charge in [-0.2, -0.15) is 0 Å². The molecule has 1 aromatic carbocycles. The normalized spacial score (nSPS) is 29.1. The first kappa shape index (κ1) is 15.8. The highest BCUT2D eigenvalue weighted by Gasteiger charge is 2.38. The van der Waals surface area contributed by atoms with Crippen molar-refractivity contribution in [2.45, 2.75) is 50.1 Å². The molecule has 0 aromatic heterocycles. The van der Waals surface area contributed by atoms with Crippen LogP contribution in [0.2, 0.25) is 5.02 Å². The van der Waals surface area contributed by atoms with Gasteiger partial charge in [-0.25, -0.2) is 4.79 Å². The number of nitrogens with one attached hydrogen (secondary N) is 2. The second-order valence-corrected chi connectivity index (χ2v) is 7.48. The summed E-state index contributed by atoms with van der Waals surface area (Å²) in [5, 5.41) is 6.67. The van der Waals surface area contributed by atoms with E-state index in [9.17, 15) is 9.59 Å². The van der Waals surface area contributed by atoms with Crippen LogP contribution in [0.4, 0.5) is 4.79 Å². The lowest BCUT2D eigenvalue weighted by molar-refractivity contribution is 0.0792. The summed E-state index contributed by atoms with van der Waals surface area (Å²) >= 11 is 6.44. The van der Waals surface area contributed by atoms with E-state index in [4.69, 9.17) is 11.6 Å². The van der Waals surface area contributed by atoms with Gasteiger partial charge in [0.2, 0.25) is 0 Å². The molecule has 3 amide bonds. The molecule has 0 spiro atoms. The van der Waals surface area contributed by atoms with Crippen LogP contribution in [-0.4, -0.2) is 42.0 Å². The van der Waals surface area contributed by atoms with Gasteiger partial charge in [-0.15, -0.1) is 0 Å². The lowest BCUT2D eigenvalue weighted by atomic mass is 9.79. The summed E-state index contributed by atoms with van der Waals surface area (Å²) in [6.07, 6.45) is 4.96. The van der Waals surface area contributed by atoms with Crippen molar-refractivity contribution in [2.75, 3.05) is 13.1 Å². The third kappa shape index (κ3) is 2.86. The summed E-state index contributed by atoms with van der Waals surface area (Å²) in [4.78, 5) is 26.1. The molecule has 1 aromatic rings. The van der Waals surface area contributed by atoms with Gasteiger partial charge in [0.05, 0.1) is 12.1 Å². The van der Waals surface area contributed by atoms with Crippen molar-refractivity contribution in [1.82, 2.24) is 15.5 Å². The van der Waals surface area contributed by atoms with Gasteiger partial charge in [-0.3, -0.25) is 4.79 Å². The first-order chi connectivity index (χ1) is 11.6. The second kappa shape index (κ2) is 6.28. The van der Waals surface area contributed by atoms with Crippen molar-refractivity contribution >= 4 is 23.5 Å². The maximum Gasteiger partial charge on any atom is 0.315 e. The van der Waals surface area contributed by atoms with Crippen LogP contribution in [0.3, 0.4) is 0 Å². The van der Waals surface area contributed by atoms with Gasteiger partial charge in [0, 0.05) is 23.7 Å².